The van der Waals surface area contributed by atoms with Gasteiger partial charge in [-0.1, -0.05) is 25.3 Å². The van der Waals surface area contributed by atoms with Gasteiger partial charge in [0.1, 0.15) is 5.82 Å². The highest BCUT2D eigenvalue weighted by Crippen LogP contribution is 2.32. The molecular formula is C16H21FN2O. The fourth-order valence-electron chi connectivity index (χ4n) is 3.42. The summed E-state index contributed by atoms with van der Waals surface area (Å²) in [5.74, 6) is -0.302. The van der Waals surface area contributed by atoms with Crippen molar-refractivity contribution in [3.8, 4) is 0 Å². The average molecular weight is 276 g/mol. The molecule has 0 spiro atoms. The van der Waals surface area contributed by atoms with Gasteiger partial charge in [0.25, 0.3) is 0 Å². The summed E-state index contributed by atoms with van der Waals surface area (Å²) >= 11 is 0. The molecule has 2 N–H and O–H groups in total. The van der Waals surface area contributed by atoms with Crippen molar-refractivity contribution in [1.29, 1.82) is 0 Å². The molecule has 4 heteroatoms. The Kier molecular flexibility index (Phi) is 3.74. The van der Waals surface area contributed by atoms with Crippen molar-refractivity contribution in [2.45, 2.75) is 44.6 Å². The van der Waals surface area contributed by atoms with E-state index in [1.165, 1.54) is 12.1 Å². The zero-order valence-electron chi connectivity index (χ0n) is 11.6. The molecule has 1 aliphatic carbocycles. The van der Waals surface area contributed by atoms with E-state index in [-0.39, 0.29) is 23.7 Å². The second-order valence-corrected chi connectivity index (χ2v) is 5.92. The lowest BCUT2D eigenvalue weighted by atomic mass is 9.94. The van der Waals surface area contributed by atoms with Gasteiger partial charge in [0.05, 0.1) is 5.92 Å². The molecule has 0 saturated heterocycles. The molecule has 1 fully saturated rings. The molecule has 0 radical (unpaired) electrons. The highest BCUT2D eigenvalue weighted by molar-refractivity contribution is 5.97. The molecule has 3 nitrogen and oxygen atoms in total. The quantitative estimate of drug-likeness (QED) is 0.801. The van der Waals surface area contributed by atoms with E-state index in [1.54, 1.807) is 11.0 Å². The van der Waals surface area contributed by atoms with Gasteiger partial charge in [0, 0.05) is 18.3 Å². The highest BCUT2D eigenvalue weighted by atomic mass is 19.1. The van der Waals surface area contributed by atoms with Crippen LogP contribution < -0.4 is 10.6 Å². The number of amides is 1. The highest BCUT2D eigenvalue weighted by Gasteiger charge is 2.34. The van der Waals surface area contributed by atoms with Gasteiger partial charge >= 0.3 is 0 Å². The fourth-order valence-corrected chi connectivity index (χ4v) is 3.42. The normalized spacial score (nSPS) is 26.2. The lowest BCUT2D eigenvalue weighted by Crippen LogP contribution is -2.43. The van der Waals surface area contributed by atoms with Crippen LogP contribution in [-0.4, -0.2) is 18.5 Å². The molecule has 1 heterocycles. The molecule has 3 rings (SSSR count). The van der Waals surface area contributed by atoms with Gasteiger partial charge in [-0.05, 0) is 37.0 Å². The number of hydrogen-bond donors (Lipinski definition) is 1. The summed E-state index contributed by atoms with van der Waals surface area (Å²) < 4.78 is 13.4. The maximum absolute atomic E-state index is 13.4. The number of halogens is 1. The minimum atomic E-state index is -0.284. The van der Waals surface area contributed by atoms with Gasteiger partial charge in [0.2, 0.25) is 5.91 Å². The molecule has 1 saturated carbocycles. The van der Waals surface area contributed by atoms with E-state index in [4.69, 9.17) is 5.73 Å². The lowest BCUT2D eigenvalue weighted by molar-refractivity contribution is -0.123. The smallest absolute Gasteiger partial charge is 0.231 e. The third-order valence-electron chi connectivity index (χ3n) is 4.60. The number of nitrogens with zero attached hydrogens (tertiary/aromatic N) is 1. The number of rotatable bonds is 1. The predicted molar refractivity (Wildman–Crippen MR) is 77.0 cm³/mol. The molecule has 108 valence electrons. The summed E-state index contributed by atoms with van der Waals surface area (Å²) in [7, 11) is 0. The van der Waals surface area contributed by atoms with E-state index in [2.05, 4.69) is 0 Å². The summed E-state index contributed by atoms with van der Waals surface area (Å²) in [5.41, 5.74) is 7.98. The standard InChI is InChI=1S/C16H21FN2O/c17-12-7-6-11-8-9-19(15(11)10-12)16(20)13-4-2-1-3-5-14(13)18/h6-7,10,13-14H,1-5,8-9,18H2. The van der Waals surface area contributed by atoms with Crippen molar-refractivity contribution in [3.05, 3.63) is 29.6 Å². The second kappa shape index (κ2) is 5.52. The summed E-state index contributed by atoms with van der Waals surface area (Å²) in [6.07, 6.45) is 5.91. The third-order valence-corrected chi connectivity index (χ3v) is 4.60. The number of nitrogens with two attached hydrogens (primary N) is 1. The monoisotopic (exact) mass is 276 g/mol. The third kappa shape index (κ3) is 2.44. The molecule has 2 unspecified atom stereocenters. The second-order valence-electron chi connectivity index (χ2n) is 5.92. The predicted octanol–water partition coefficient (Wildman–Crippen LogP) is 2.62. The minimum absolute atomic E-state index is 0.0531. The topological polar surface area (TPSA) is 46.3 Å². The largest absolute Gasteiger partial charge is 0.327 e. The zero-order chi connectivity index (χ0) is 14.1. The van der Waals surface area contributed by atoms with Crippen LogP contribution in [0.3, 0.4) is 0 Å². The molecule has 0 bridgehead atoms. The van der Waals surface area contributed by atoms with Crippen LogP contribution in [-0.2, 0) is 11.2 Å². The van der Waals surface area contributed by atoms with Crippen molar-refractivity contribution < 1.29 is 9.18 Å². The Morgan fingerprint density at radius 1 is 1.25 bits per heavy atom. The average Bonchev–Trinajstić information content (AvgIpc) is 2.72. The Hall–Kier alpha value is -1.42. The SMILES string of the molecule is NC1CCCCCC1C(=O)N1CCc2ccc(F)cc21. The van der Waals surface area contributed by atoms with Gasteiger partial charge in [0.15, 0.2) is 0 Å². The molecule has 2 aliphatic rings. The first-order valence-electron chi connectivity index (χ1n) is 7.52. The number of carbonyl (C=O) groups is 1. The molecule has 2 atom stereocenters. The summed E-state index contributed by atoms with van der Waals surface area (Å²) in [4.78, 5) is 14.5. The van der Waals surface area contributed by atoms with E-state index in [0.29, 0.717) is 6.54 Å². The molecule has 1 aromatic carbocycles. The Morgan fingerprint density at radius 3 is 2.90 bits per heavy atom. The van der Waals surface area contributed by atoms with Crippen molar-refractivity contribution in [2.75, 3.05) is 11.4 Å². The number of fused-ring (bicyclic) bond motifs is 1. The number of anilines is 1. The maximum atomic E-state index is 13.4. The Balaban J connectivity index is 1.83. The van der Waals surface area contributed by atoms with Crippen LogP contribution in [0.5, 0.6) is 0 Å². The van der Waals surface area contributed by atoms with Crippen molar-refractivity contribution >= 4 is 11.6 Å². The molecule has 0 aromatic heterocycles. The van der Waals surface area contributed by atoms with Crippen LogP contribution >= 0.6 is 0 Å². The van der Waals surface area contributed by atoms with Crippen LogP contribution in [0, 0.1) is 11.7 Å². The van der Waals surface area contributed by atoms with Crippen molar-refractivity contribution in [1.82, 2.24) is 0 Å². The number of benzene rings is 1. The lowest BCUT2D eigenvalue weighted by Gasteiger charge is -2.26. The van der Waals surface area contributed by atoms with Crippen LogP contribution in [0.1, 0.15) is 37.7 Å². The summed E-state index contributed by atoms with van der Waals surface area (Å²) in [6, 6.07) is 4.67. The molecule has 20 heavy (non-hydrogen) atoms. The first-order chi connectivity index (χ1) is 9.66. The van der Waals surface area contributed by atoms with Gasteiger partial charge in [-0.25, -0.2) is 4.39 Å². The van der Waals surface area contributed by atoms with Crippen LogP contribution in [0.2, 0.25) is 0 Å². The zero-order valence-corrected chi connectivity index (χ0v) is 11.6. The van der Waals surface area contributed by atoms with Crippen LogP contribution in [0.4, 0.5) is 10.1 Å². The van der Waals surface area contributed by atoms with Crippen molar-refractivity contribution in [3.63, 3.8) is 0 Å². The van der Waals surface area contributed by atoms with E-state index < -0.39 is 0 Å². The van der Waals surface area contributed by atoms with E-state index >= 15 is 0 Å². The Labute approximate surface area is 118 Å². The summed E-state index contributed by atoms with van der Waals surface area (Å²) in [5, 5.41) is 0. The Morgan fingerprint density at radius 2 is 2.05 bits per heavy atom. The van der Waals surface area contributed by atoms with Crippen LogP contribution in [0.15, 0.2) is 18.2 Å². The van der Waals surface area contributed by atoms with Gasteiger partial charge in [-0.3, -0.25) is 4.79 Å². The summed E-state index contributed by atoms with van der Waals surface area (Å²) in [6.45, 7) is 0.654. The van der Waals surface area contributed by atoms with Crippen molar-refractivity contribution in [2.24, 2.45) is 11.7 Å². The van der Waals surface area contributed by atoms with Gasteiger partial charge in [-0.2, -0.15) is 0 Å². The maximum Gasteiger partial charge on any atom is 0.231 e. The van der Waals surface area contributed by atoms with E-state index in [0.717, 1.165) is 49.8 Å². The van der Waals surface area contributed by atoms with E-state index in [1.807, 2.05) is 0 Å². The fraction of sp³-hybridized carbons (Fsp3) is 0.562. The Bertz CT molecular complexity index is 517. The number of hydrogen-bond acceptors (Lipinski definition) is 2. The van der Waals surface area contributed by atoms with Gasteiger partial charge < -0.3 is 10.6 Å². The molecule has 1 amide bonds. The first-order valence-corrected chi connectivity index (χ1v) is 7.52. The number of carbonyl (C=O) groups excluding carboxylic acids is 1. The molecule has 1 aliphatic heterocycles. The van der Waals surface area contributed by atoms with E-state index in [9.17, 15) is 9.18 Å². The first kappa shape index (κ1) is 13.6. The van der Waals surface area contributed by atoms with Gasteiger partial charge in [-0.15, -0.1) is 0 Å². The molecular weight excluding hydrogens is 255 g/mol. The molecule has 1 aromatic rings. The minimum Gasteiger partial charge on any atom is -0.327 e. The van der Waals surface area contributed by atoms with Crippen LogP contribution in [0.25, 0.3) is 0 Å².